The molecule has 35 heavy (non-hydrogen) atoms. The Morgan fingerprint density at radius 3 is 2.03 bits per heavy atom. The third-order valence-electron chi connectivity index (χ3n) is 8.23. The fourth-order valence-corrected chi connectivity index (χ4v) is 6.75. The smallest absolute Gasteiger partial charge is 0.0557 e. The van der Waals surface area contributed by atoms with Gasteiger partial charge in [0.2, 0.25) is 0 Å². The Hall–Kier alpha value is -3.52. The summed E-state index contributed by atoms with van der Waals surface area (Å²) < 4.78 is 5.17. The summed E-state index contributed by atoms with van der Waals surface area (Å²) in [6.45, 7) is 4.62. The van der Waals surface area contributed by atoms with Crippen LogP contribution in [0.1, 0.15) is 67.7 Å². The van der Waals surface area contributed by atoms with Crippen LogP contribution in [0.5, 0.6) is 0 Å². The monoisotopic (exact) mass is 456 g/mol. The van der Waals surface area contributed by atoms with Gasteiger partial charge in [-0.05, 0) is 81.4 Å². The molecule has 0 amide bonds. The highest BCUT2D eigenvalue weighted by Gasteiger charge is 2.27. The van der Waals surface area contributed by atoms with E-state index >= 15 is 0 Å². The van der Waals surface area contributed by atoms with Gasteiger partial charge in [0, 0.05) is 50.4 Å². The molecule has 3 aliphatic carbocycles. The van der Waals surface area contributed by atoms with Crippen molar-refractivity contribution in [2.24, 2.45) is 0 Å². The summed E-state index contributed by atoms with van der Waals surface area (Å²) in [6, 6.07) is 18.9. The number of para-hydroxylation sites is 2. The lowest BCUT2D eigenvalue weighted by Crippen LogP contribution is -2.14. The van der Waals surface area contributed by atoms with Crippen LogP contribution < -0.4 is 0 Å². The molecule has 2 heterocycles. The molecule has 0 saturated carbocycles. The summed E-state index contributed by atoms with van der Waals surface area (Å²) >= 11 is 0. The van der Waals surface area contributed by atoms with E-state index in [-0.39, 0.29) is 0 Å². The van der Waals surface area contributed by atoms with E-state index in [1.807, 2.05) is 0 Å². The van der Waals surface area contributed by atoms with E-state index in [0.29, 0.717) is 12.1 Å². The maximum Gasteiger partial charge on any atom is 0.0557 e. The highest BCUT2D eigenvalue weighted by molar-refractivity contribution is 5.95. The zero-order chi connectivity index (χ0) is 23.5. The predicted octanol–water partition coefficient (Wildman–Crippen LogP) is 8.59. The summed E-state index contributed by atoms with van der Waals surface area (Å²) in [7, 11) is 0. The Morgan fingerprint density at radius 2 is 1.34 bits per heavy atom. The van der Waals surface area contributed by atoms with Gasteiger partial charge in [0.25, 0.3) is 0 Å². The first-order valence-electron chi connectivity index (χ1n) is 13.2. The molecule has 7 rings (SSSR count). The molecule has 0 radical (unpaired) electrons. The van der Waals surface area contributed by atoms with Gasteiger partial charge in [-0.15, -0.1) is 0 Å². The Balaban J connectivity index is 1.37. The number of aromatic nitrogens is 2. The Kier molecular flexibility index (Phi) is 4.77. The minimum atomic E-state index is 0.419. The van der Waals surface area contributed by atoms with Gasteiger partial charge >= 0.3 is 0 Å². The van der Waals surface area contributed by atoms with Crippen molar-refractivity contribution in [3.05, 3.63) is 106 Å². The normalized spacial score (nSPS) is 19.2. The van der Waals surface area contributed by atoms with E-state index in [1.54, 1.807) is 0 Å². The number of hydrogen-bond acceptors (Lipinski definition) is 0. The average Bonchev–Trinajstić information content (AvgIpc) is 3.41. The molecular weight excluding hydrogens is 424 g/mol. The highest BCUT2D eigenvalue weighted by atomic mass is 15.0. The van der Waals surface area contributed by atoms with Gasteiger partial charge in [-0.1, -0.05) is 60.7 Å². The molecule has 174 valence electrons. The average molecular weight is 457 g/mol. The second kappa shape index (κ2) is 8.02. The second-order valence-electron chi connectivity index (χ2n) is 10.5. The maximum absolute atomic E-state index is 2.61. The molecule has 1 unspecified atom stereocenters. The molecule has 2 heteroatoms. The standard InChI is InChI=1S/C33H32N2/c1-22(2)34-30-14-8-6-12-26(30)28-20-23(16-18-32(28)34)24-17-19-33-29(21-24)27-13-7-9-15-31(27)35(33)25-10-4-3-5-11-25/h3-10,12-15,20-22,25H,11,16-19H2,1-2H3. The molecule has 4 aromatic rings. The van der Waals surface area contributed by atoms with Crippen molar-refractivity contribution in [3.8, 4) is 0 Å². The fraction of sp³-hybridized carbons (Fsp3) is 0.273. The molecule has 2 aromatic carbocycles. The van der Waals surface area contributed by atoms with Crippen molar-refractivity contribution in [3.63, 3.8) is 0 Å². The number of allylic oxidation sites excluding steroid dienone is 6. The molecule has 0 aliphatic heterocycles. The first-order chi connectivity index (χ1) is 17.2. The fourth-order valence-electron chi connectivity index (χ4n) is 6.75. The molecule has 2 nitrogen and oxygen atoms in total. The van der Waals surface area contributed by atoms with E-state index in [1.165, 1.54) is 55.5 Å². The van der Waals surface area contributed by atoms with Crippen LogP contribution in [-0.4, -0.2) is 9.13 Å². The van der Waals surface area contributed by atoms with Crippen molar-refractivity contribution in [1.29, 1.82) is 0 Å². The number of benzene rings is 2. The summed E-state index contributed by atoms with van der Waals surface area (Å²) in [5, 5.41) is 2.80. The summed E-state index contributed by atoms with van der Waals surface area (Å²) in [5.74, 6) is 0. The predicted molar refractivity (Wildman–Crippen MR) is 149 cm³/mol. The van der Waals surface area contributed by atoms with Crippen LogP contribution in [0.4, 0.5) is 0 Å². The van der Waals surface area contributed by atoms with Crippen LogP contribution >= 0.6 is 0 Å². The van der Waals surface area contributed by atoms with Crippen molar-refractivity contribution in [2.45, 2.75) is 58.0 Å². The minimum absolute atomic E-state index is 0.419. The van der Waals surface area contributed by atoms with Gasteiger partial charge < -0.3 is 9.13 Å². The van der Waals surface area contributed by atoms with E-state index in [0.717, 1.165) is 32.1 Å². The topological polar surface area (TPSA) is 9.86 Å². The summed E-state index contributed by atoms with van der Waals surface area (Å²) in [5.41, 5.74) is 11.7. The molecule has 0 spiro atoms. The molecule has 2 aromatic heterocycles. The van der Waals surface area contributed by atoms with Crippen molar-refractivity contribution in [2.75, 3.05) is 0 Å². The number of nitrogens with zero attached hydrogens (tertiary/aromatic N) is 2. The molecule has 0 bridgehead atoms. The quantitative estimate of drug-likeness (QED) is 0.292. The molecule has 1 atom stereocenters. The lowest BCUT2D eigenvalue weighted by Gasteiger charge is -2.25. The minimum Gasteiger partial charge on any atom is -0.341 e. The van der Waals surface area contributed by atoms with Crippen LogP contribution in [0, 0.1) is 0 Å². The highest BCUT2D eigenvalue weighted by Crippen LogP contribution is 2.42. The maximum atomic E-state index is 2.61. The zero-order valence-electron chi connectivity index (χ0n) is 20.7. The Morgan fingerprint density at radius 1 is 0.714 bits per heavy atom. The van der Waals surface area contributed by atoms with Crippen LogP contribution in [-0.2, 0) is 12.8 Å². The number of fused-ring (bicyclic) bond motifs is 6. The van der Waals surface area contributed by atoms with Gasteiger partial charge in [0.15, 0.2) is 0 Å². The Labute approximate surface area is 207 Å². The van der Waals surface area contributed by atoms with Crippen LogP contribution in [0.15, 0.2) is 84.0 Å². The lowest BCUT2D eigenvalue weighted by atomic mass is 9.85. The molecule has 3 aliphatic rings. The number of hydrogen-bond donors (Lipinski definition) is 0. The molecule has 0 N–H and O–H groups in total. The molecule has 0 fully saturated rings. The van der Waals surface area contributed by atoms with E-state index in [2.05, 4.69) is 108 Å². The largest absolute Gasteiger partial charge is 0.341 e. The van der Waals surface area contributed by atoms with Gasteiger partial charge in [-0.3, -0.25) is 0 Å². The van der Waals surface area contributed by atoms with Gasteiger partial charge in [0.1, 0.15) is 0 Å². The van der Waals surface area contributed by atoms with Crippen LogP contribution in [0.2, 0.25) is 0 Å². The van der Waals surface area contributed by atoms with E-state index < -0.39 is 0 Å². The van der Waals surface area contributed by atoms with Crippen molar-refractivity contribution < 1.29 is 0 Å². The second-order valence-corrected chi connectivity index (χ2v) is 10.5. The van der Waals surface area contributed by atoms with Crippen molar-refractivity contribution in [1.82, 2.24) is 9.13 Å². The van der Waals surface area contributed by atoms with Crippen molar-refractivity contribution >= 4 is 34.0 Å². The summed E-state index contributed by atoms with van der Waals surface area (Å²) in [4.78, 5) is 0. The van der Waals surface area contributed by atoms with Gasteiger partial charge in [-0.25, -0.2) is 0 Å². The van der Waals surface area contributed by atoms with E-state index in [4.69, 9.17) is 0 Å². The summed E-state index contributed by atoms with van der Waals surface area (Å²) in [6.07, 6.45) is 19.7. The van der Waals surface area contributed by atoms with Gasteiger partial charge in [0.05, 0.1) is 6.04 Å². The number of rotatable bonds is 3. The first kappa shape index (κ1) is 20.8. The Bertz CT molecular complexity index is 1600. The zero-order valence-corrected chi connectivity index (χ0v) is 20.7. The first-order valence-corrected chi connectivity index (χ1v) is 13.2. The van der Waals surface area contributed by atoms with Crippen LogP contribution in [0.25, 0.3) is 34.0 Å². The van der Waals surface area contributed by atoms with Crippen LogP contribution in [0.3, 0.4) is 0 Å². The molecule has 0 saturated heterocycles. The SMILES string of the molecule is CC(C)n1c2c(c3ccccc31)C=C(C1=Cc3c(n(C4C=CC=CC4)c4ccccc34)CC1)CC2. The lowest BCUT2D eigenvalue weighted by molar-refractivity contribution is 0.588. The van der Waals surface area contributed by atoms with Gasteiger partial charge in [-0.2, -0.15) is 0 Å². The third kappa shape index (κ3) is 3.16. The van der Waals surface area contributed by atoms with E-state index in [9.17, 15) is 0 Å². The molecular formula is C33H32N2. The third-order valence-corrected chi connectivity index (χ3v) is 8.23.